The van der Waals surface area contributed by atoms with E-state index in [4.69, 9.17) is 4.42 Å². The van der Waals surface area contributed by atoms with Crippen molar-refractivity contribution in [2.75, 3.05) is 0 Å². The molecule has 5 nitrogen and oxygen atoms in total. The Morgan fingerprint density at radius 2 is 1.77 bits per heavy atom. The van der Waals surface area contributed by atoms with Crippen molar-refractivity contribution in [1.82, 2.24) is 19.7 Å². The molecule has 0 aliphatic heterocycles. The van der Waals surface area contributed by atoms with Gasteiger partial charge in [0.2, 0.25) is 5.89 Å². The summed E-state index contributed by atoms with van der Waals surface area (Å²) in [5.74, 6) is 1.04. The molecule has 3 aromatic rings. The molecular weight excluding hydrogens is 393 g/mol. The number of hydrogen-bond donors (Lipinski definition) is 0. The van der Waals surface area contributed by atoms with Gasteiger partial charge < -0.3 is 4.42 Å². The summed E-state index contributed by atoms with van der Waals surface area (Å²) in [6.45, 7) is 7.37. The molecule has 1 fully saturated rings. The van der Waals surface area contributed by atoms with Gasteiger partial charge in [-0.15, -0.1) is 0 Å². The summed E-state index contributed by atoms with van der Waals surface area (Å²) in [4.78, 5) is 6.99. The van der Waals surface area contributed by atoms with E-state index in [1.165, 1.54) is 17.7 Å². The number of hydrogen-bond acceptors (Lipinski definition) is 4. The molecule has 160 valence electrons. The minimum atomic E-state index is -4.36. The molecule has 0 saturated heterocycles. The fourth-order valence-corrected chi connectivity index (χ4v) is 3.70. The molecule has 1 saturated carbocycles. The number of aromatic nitrogens is 3. The molecule has 4 rings (SSSR count). The zero-order valence-corrected chi connectivity index (χ0v) is 17.5. The van der Waals surface area contributed by atoms with Gasteiger partial charge in [-0.3, -0.25) is 9.58 Å². The Morgan fingerprint density at radius 3 is 2.30 bits per heavy atom. The molecule has 2 aromatic heterocycles. The standard InChI is InChI=1S/C22H25F3N4O/c1-13-19(14(2)28(4)27-13)11-29(18-9-10-18)12-20-15(3)30-21(26-20)16-5-7-17(8-6-16)22(23,24)25/h5-8,18H,9-12H2,1-4H3. The third kappa shape index (κ3) is 4.14. The zero-order chi connectivity index (χ0) is 21.6. The molecule has 0 radical (unpaired) electrons. The Morgan fingerprint density at radius 1 is 1.10 bits per heavy atom. The van der Waals surface area contributed by atoms with E-state index in [1.807, 2.05) is 25.6 Å². The molecular formula is C22H25F3N4O. The molecule has 1 aliphatic rings. The van der Waals surface area contributed by atoms with Gasteiger partial charge in [-0.2, -0.15) is 18.3 Å². The van der Waals surface area contributed by atoms with Crippen LogP contribution < -0.4 is 0 Å². The summed E-state index contributed by atoms with van der Waals surface area (Å²) < 4.78 is 46.1. The first-order valence-corrected chi connectivity index (χ1v) is 10.0. The van der Waals surface area contributed by atoms with Gasteiger partial charge in [-0.1, -0.05) is 0 Å². The van der Waals surface area contributed by atoms with Gasteiger partial charge in [0.15, 0.2) is 0 Å². The Kier molecular flexibility index (Phi) is 5.22. The van der Waals surface area contributed by atoms with Gasteiger partial charge in [-0.05, 0) is 57.9 Å². The SMILES string of the molecule is Cc1nn(C)c(C)c1CN(Cc1nc(-c2ccc(C(F)(F)F)cc2)oc1C)C1CC1. The average Bonchev–Trinajstić information content (AvgIpc) is 3.42. The Labute approximate surface area is 173 Å². The molecule has 0 spiro atoms. The predicted octanol–water partition coefficient (Wildman–Crippen LogP) is 5.18. The molecule has 0 amide bonds. The van der Waals surface area contributed by atoms with Crippen LogP contribution in [0.2, 0.25) is 0 Å². The first-order chi connectivity index (χ1) is 14.1. The summed E-state index contributed by atoms with van der Waals surface area (Å²) in [5, 5.41) is 4.51. The van der Waals surface area contributed by atoms with Gasteiger partial charge in [0.1, 0.15) is 5.76 Å². The second kappa shape index (κ2) is 7.58. The van der Waals surface area contributed by atoms with Crippen molar-refractivity contribution < 1.29 is 17.6 Å². The van der Waals surface area contributed by atoms with E-state index in [0.29, 0.717) is 29.8 Å². The number of nitrogens with zero attached hydrogens (tertiary/aromatic N) is 4. The van der Waals surface area contributed by atoms with E-state index in [1.54, 1.807) is 0 Å². The average molecular weight is 418 g/mol. The molecule has 1 aliphatic carbocycles. The summed E-state index contributed by atoms with van der Waals surface area (Å²) >= 11 is 0. The van der Waals surface area contributed by atoms with E-state index >= 15 is 0 Å². The number of rotatable bonds is 6. The third-order valence-electron chi connectivity index (χ3n) is 5.79. The number of oxazole rings is 1. The van der Waals surface area contributed by atoms with Crippen LogP contribution in [0.1, 0.15) is 46.8 Å². The van der Waals surface area contributed by atoms with Crippen LogP contribution in [0.3, 0.4) is 0 Å². The van der Waals surface area contributed by atoms with E-state index in [0.717, 1.165) is 48.6 Å². The molecule has 8 heteroatoms. The highest BCUT2D eigenvalue weighted by Gasteiger charge is 2.32. The smallest absolute Gasteiger partial charge is 0.416 e. The highest BCUT2D eigenvalue weighted by molar-refractivity contribution is 5.54. The molecule has 0 bridgehead atoms. The largest absolute Gasteiger partial charge is 0.441 e. The number of alkyl halides is 3. The van der Waals surface area contributed by atoms with Crippen LogP contribution in [-0.4, -0.2) is 25.7 Å². The Bertz CT molecular complexity index is 1050. The lowest BCUT2D eigenvalue weighted by molar-refractivity contribution is -0.137. The predicted molar refractivity (Wildman–Crippen MR) is 107 cm³/mol. The lowest BCUT2D eigenvalue weighted by atomic mass is 10.1. The normalized spacial score (nSPS) is 14.7. The van der Waals surface area contributed by atoms with Gasteiger partial charge in [0.05, 0.1) is 17.0 Å². The quantitative estimate of drug-likeness (QED) is 0.553. The third-order valence-corrected chi connectivity index (χ3v) is 5.79. The van der Waals surface area contributed by atoms with Crippen molar-refractivity contribution in [2.45, 2.75) is 58.9 Å². The summed E-state index contributed by atoms with van der Waals surface area (Å²) in [7, 11) is 1.95. The van der Waals surface area contributed by atoms with Crippen LogP contribution in [0.15, 0.2) is 28.7 Å². The minimum Gasteiger partial charge on any atom is -0.441 e. The highest BCUT2D eigenvalue weighted by Crippen LogP contribution is 2.33. The monoisotopic (exact) mass is 418 g/mol. The summed E-state index contributed by atoms with van der Waals surface area (Å²) in [6.07, 6.45) is -2.05. The van der Waals surface area contributed by atoms with Gasteiger partial charge in [0, 0.05) is 43.0 Å². The van der Waals surface area contributed by atoms with E-state index < -0.39 is 11.7 Å². The number of aryl methyl sites for hydroxylation is 3. The van der Waals surface area contributed by atoms with E-state index in [-0.39, 0.29) is 0 Å². The fourth-order valence-electron chi connectivity index (χ4n) is 3.70. The zero-order valence-electron chi connectivity index (χ0n) is 17.5. The van der Waals surface area contributed by atoms with Crippen molar-refractivity contribution in [3.05, 3.63) is 58.2 Å². The number of halogens is 3. The topological polar surface area (TPSA) is 47.1 Å². The van der Waals surface area contributed by atoms with Gasteiger partial charge in [0.25, 0.3) is 0 Å². The summed E-state index contributed by atoms with van der Waals surface area (Å²) in [5.41, 5.74) is 4.08. The van der Waals surface area contributed by atoms with Gasteiger partial charge >= 0.3 is 6.18 Å². The van der Waals surface area contributed by atoms with Crippen molar-refractivity contribution in [2.24, 2.45) is 7.05 Å². The maximum Gasteiger partial charge on any atom is 0.416 e. The Hall–Kier alpha value is -2.61. The van der Waals surface area contributed by atoms with Crippen molar-refractivity contribution >= 4 is 0 Å². The van der Waals surface area contributed by atoms with Crippen molar-refractivity contribution in [1.29, 1.82) is 0 Å². The van der Waals surface area contributed by atoms with Crippen LogP contribution in [0.5, 0.6) is 0 Å². The Balaban J connectivity index is 1.55. The second-order valence-corrected chi connectivity index (χ2v) is 8.01. The van der Waals surface area contributed by atoms with Crippen molar-refractivity contribution in [3.8, 4) is 11.5 Å². The molecule has 2 heterocycles. The van der Waals surface area contributed by atoms with Crippen LogP contribution in [-0.2, 0) is 26.3 Å². The van der Waals surface area contributed by atoms with E-state index in [9.17, 15) is 13.2 Å². The lowest BCUT2D eigenvalue weighted by Crippen LogP contribution is -2.26. The maximum absolute atomic E-state index is 12.8. The lowest BCUT2D eigenvalue weighted by Gasteiger charge is -2.21. The van der Waals surface area contributed by atoms with Crippen molar-refractivity contribution in [3.63, 3.8) is 0 Å². The molecule has 30 heavy (non-hydrogen) atoms. The summed E-state index contributed by atoms with van der Waals surface area (Å²) in [6, 6.07) is 5.42. The first-order valence-electron chi connectivity index (χ1n) is 10.0. The fraction of sp³-hybridized carbons (Fsp3) is 0.455. The first kappa shape index (κ1) is 20.7. The second-order valence-electron chi connectivity index (χ2n) is 8.01. The van der Waals surface area contributed by atoms with E-state index in [2.05, 4.69) is 21.9 Å². The maximum atomic E-state index is 12.8. The molecule has 0 N–H and O–H groups in total. The van der Waals surface area contributed by atoms with Crippen LogP contribution in [0.25, 0.3) is 11.5 Å². The molecule has 1 aromatic carbocycles. The van der Waals surface area contributed by atoms with Crippen LogP contribution in [0.4, 0.5) is 13.2 Å². The molecule has 0 unspecified atom stereocenters. The van der Waals surface area contributed by atoms with Gasteiger partial charge in [-0.25, -0.2) is 4.98 Å². The highest BCUT2D eigenvalue weighted by atomic mass is 19.4. The van der Waals surface area contributed by atoms with Crippen LogP contribution >= 0.6 is 0 Å². The number of benzene rings is 1. The van der Waals surface area contributed by atoms with Crippen LogP contribution in [0, 0.1) is 20.8 Å². The molecule has 0 atom stereocenters. The minimum absolute atomic E-state index is 0.348.